The van der Waals surface area contributed by atoms with Gasteiger partial charge in [0.05, 0.1) is 6.10 Å². The zero-order valence-corrected chi connectivity index (χ0v) is 10.7. The topological polar surface area (TPSA) is 84.3 Å². The first-order valence-electron chi connectivity index (χ1n) is 5.88. The molecule has 17 heavy (non-hydrogen) atoms. The van der Waals surface area contributed by atoms with Crippen molar-refractivity contribution in [2.75, 3.05) is 0 Å². The molecule has 0 saturated carbocycles. The number of carbonyl (C=O) groups is 1. The van der Waals surface area contributed by atoms with Crippen LogP contribution in [0.3, 0.4) is 0 Å². The number of azide groups is 1. The Labute approximate surface area is 101 Å². The lowest BCUT2D eigenvalue weighted by molar-refractivity contribution is -0.226. The third-order valence-electron chi connectivity index (χ3n) is 3.41. The monoisotopic (exact) mass is 241 g/mol. The maximum atomic E-state index is 11.0. The molecule has 0 N–H and O–H groups in total. The minimum absolute atomic E-state index is 0.0273. The Bertz CT molecular complexity index is 328. The van der Waals surface area contributed by atoms with Gasteiger partial charge in [-0.3, -0.25) is 4.79 Å². The first kappa shape index (κ1) is 13.8. The summed E-state index contributed by atoms with van der Waals surface area (Å²) < 4.78 is 10.8. The molecule has 96 valence electrons. The number of esters is 1. The lowest BCUT2D eigenvalue weighted by Crippen LogP contribution is -2.49. The molecule has 0 aromatic rings. The second-order valence-electron chi connectivity index (χ2n) is 4.47. The Balaban J connectivity index is 2.89. The van der Waals surface area contributed by atoms with Crippen molar-refractivity contribution in [2.45, 2.75) is 52.6 Å². The lowest BCUT2D eigenvalue weighted by Gasteiger charge is -2.42. The van der Waals surface area contributed by atoms with Gasteiger partial charge in [0.15, 0.2) is 0 Å². The van der Waals surface area contributed by atoms with Crippen molar-refractivity contribution in [2.24, 2.45) is 17.0 Å². The Morgan fingerprint density at radius 3 is 2.59 bits per heavy atom. The van der Waals surface area contributed by atoms with Gasteiger partial charge in [0.2, 0.25) is 6.29 Å². The summed E-state index contributed by atoms with van der Waals surface area (Å²) in [4.78, 5) is 13.8. The average Bonchev–Trinajstić information content (AvgIpc) is 2.27. The molecule has 1 fully saturated rings. The van der Waals surface area contributed by atoms with E-state index in [1.165, 1.54) is 6.92 Å². The molecule has 1 aliphatic heterocycles. The fraction of sp³-hybridized carbons (Fsp3) is 0.909. The first-order chi connectivity index (χ1) is 8.01. The molecule has 0 aliphatic carbocycles. The summed E-state index contributed by atoms with van der Waals surface area (Å²) in [6.45, 7) is 7.39. The number of rotatable bonds is 3. The van der Waals surface area contributed by atoms with Gasteiger partial charge in [-0.15, -0.1) is 0 Å². The molecule has 1 rings (SSSR count). The molecule has 1 aliphatic rings. The van der Waals surface area contributed by atoms with Crippen LogP contribution in [-0.4, -0.2) is 24.4 Å². The number of hydrogen-bond donors (Lipinski definition) is 0. The molecule has 0 amide bonds. The van der Waals surface area contributed by atoms with E-state index in [0.29, 0.717) is 0 Å². The maximum Gasteiger partial charge on any atom is 0.304 e. The number of ether oxygens (including phenoxy) is 2. The smallest absolute Gasteiger partial charge is 0.304 e. The largest absolute Gasteiger partial charge is 0.435 e. The quantitative estimate of drug-likeness (QED) is 0.329. The SMILES string of the molecule is CC[C@@H]1O[C@@H](OC(C)=O)[C@@H](N=[N+]=[N-])C(C)[C@@H]1C. The van der Waals surface area contributed by atoms with Crippen LogP contribution in [0.4, 0.5) is 0 Å². The van der Waals surface area contributed by atoms with Gasteiger partial charge in [-0.1, -0.05) is 25.9 Å². The highest BCUT2D eigenvalue weighted by Gasteiger charge is 2.41. The molecule has 1 saturated heterocycles. The summed E-state index contributed by atoms with van der Waals surface area (Å²) in [5.74, 6) is -0.0407. The molecule has 0 aromatic heterocycles. The molecule has 1 unspecified atom stereocenters. The second kappa shape index (κ2) is 5.89. The number of hydrogen-bond acceptors (Lipinski definition) is 4. The zero-order valence-electron chi connectivity index (χ0n) is 10.7. The van der Waals surface area contributed by atoms with Crippen molar-refractivity contribution in [1.82, 2.24) is 0 Å². The fourth-order valence-corrected chi connectivity index (χ4v) is 2.22. The van der Waals surface area contributed by atoms with Crippen molar-refractivity contribution in [3.63, 3.8) is 0 Å². The molecular weight excluding hydrogens is 222 g/mol. The van der Waals surface area contributed by atoms with Crippen molar-refractivity contribution in [3.8, 4) is 0 Å². The van der Waals surface area contributed by atoms with Gasteiger partial charge in [-0.05, 0) is 23.8 Å². The molecule has 0 bridgehead atoms. The van der Waals surface area contributed by atoms with Crippen molar-refractivity contribution < 1.29 is 14.3 Å². The standard InChI is InChI=1S/C11H19N3O3/c1-5-9-6(2)7(3)10(13-14-12)11(17-9)16-8(4)15/h6-7,9-11H,5H2,1-4H3/t6-,7?,9-,10-,11+/m0/s1. The first-order valence-corrected chi connectivity index (χ1v) is 5.88. The van der Waals surface area contributed by atoms with E-state index in [9.17, 15) is 4.79 Å². The van der Waals surface area contributed by atoms with Crippen LogP contribution >= 0.6 is 0 Å². The predicted octanol–water partition coefficient (Wildman–Crippen LogP) is 2.64. The van der Waals surface area contributed by atoms with Crippen molar-refractivity contribution in [3.05, 3.63) is 10.4 Å². The Morgan fingerprint density at radius 1 is 1.47 bits per heavy atom. The highest BCUT2D eigenvalue weighted by molar-refractivity contribution is 5.66. The second-order valence-corrected chi connectivity index (χ2v) is 4.47. The van der Waals surface area contributed by atoms with Crippen LogP contribution in [0.5, 0.6) is 0 Å². The minimum atomic E-state index is -0.764. The van der Waals surface area contributed by atoms with Crippen LogP contribution in [-0.2, 0) is 14.3 Å². The van der Waals surface area contributed by atoms with E-state index in [1.54, 1.807) is 0 Å². The summed E-state index contributed by atoms with van der Waals surface area (Å²) in [6.07, 6.45) is 0.103. The van der Waals surface area contributed by atoms with E-state index in [-0.39, 0.29) is 17.9 Å². The van der Waals surface area contributed by atoms with Gasteiger partial charge in [-0.25, -0.2) is 0 Å². The summed E-state index contributed by atoms with van der Waals surface area (Å²) in [5.41, 5.74) is 8.56. The molecular formula is C11H19N3O3. The van der Waals surface area contributed by atoms with Gasteiger partial charge >= 0.3 is 5.97 Å². The molecule has 1 heterocycles. The van der Waals surface area contributed by atoms with Gasteiger partial charge in [0.1, 0.15) is 6.04 Å². The van der Waals surface area contributed by atoms with E-state index < -0.39 is 18.3 Å². The fourth-order valence-electron chi connectivity index (χ4n) is 2.22. The van der Waals surface area contributed by atoms with Gasteiger partial charge in [-0.2, -0.15) is 0 Å². The predicted molar refractivity (Wildman–Crippen MR) is 62.0 cm³/mol. The van der Waals surface area contributed by atoms with E-state index >= 15 is 0 Å². The molecule has 5 atom stereocenters. The van der Waals surface area contributed by atoms with Crippen LogP contribution < -0.4 is 0 Å². The molecule has 0 aromatic carbocycles. The molecule has 6 nitrogen and oxygen atoms in total. The van der Waals surface area contributed by atoms with Gasteiger partial charge in [0.25, 0.3) is 0 Å². The summed E-state index contributed by atoms with van der Waals surface area (Å²) in [5, 5.41) is 3.70. The Morgan fingerprint density at radius 2 is 2.12 bits per heavy atom. The summed E-state index contributed by atoms with van der Waals surface area (Å²) in [7, 11) is 0. The molecule has 0 radical (unpaired) electrons. The van der Waals surface area contributed by atoms with Crippen LogP contribution in [0.25, 0.3) is 10.4 Å². The van der Waals surface area contributed by atoms with E-state index in [4.69, 9.17) is 15.0 Å². The normalized spacial score (nSPS) is 37.1. The third kappa shape index (κ3) is 3.11. The average molecular weight is 241 g/mol. The van der Waals surface area contributed by atoms with Gasteiger partial charge in [0, 0.05) is 11.8 Å². The number of carbonyl (C=O) groups excluding carboxylic acids is 1. The molecule has 0 spiro atoms. The maximum absolute atomic E-state index is 11.0. The third-order valence-corrected chi connectivity index (χ3v) is 3.41. The molecule has 6 heteroatoms. The van der Waals surface area contributed by atoms with Gasteiger partial charge < -0.3 is 9.47 Å². The van der Waals surface area contributed by atoms with Crippen molar-refractivity contribution in [1.29, 1.82) is 0 Å². The van der Waals surface area contributed by atoms with Crippen molar-refractivity contribution >= 4 is 5.97 Å². The van der Waals surface area contributed by atoms with Crippen LogP contribution in [0.15, 0.2) is 5.11 Å². The highest BCUT2D eigenvalue weighted by Crippen LogP contribution is 2.34. The van der Waals surface area contributed by atoms with Crippen LogP contribution in [0, 0.1) is 11.8 Å². The van der Waals surface area contributed by atoms with E-state index in [0.717, 1.165) is 6.42 Å². The van der Waals surface area contributed by atoms with Crippen LogP contribution in [0.1, 0.15) is 34.1 Å². The Kier molecular flexibility index (Phi) is 4.78. The highest BCUT2D eigenvalue weighted by atomic mass is 16.7. The van der Waals surface area contributed by atoms with Crippen LogP contribution in [0.2, 0.25) is 0 Å². The summed E-state index contributed by atoms with van der Waals surface area (Å²) in [6, 6.07) is -0.457. The zero-order chi connectivity index (χ0) is 13.0. The van der Waals surface area contributed by atoms with E-state index in [1.807, 2.05) is 13.8 Å². The lowest BCUT2D eigenvalue weighted by atomic mass is 9.81. The van der Waals surface area contributed by atoms with E-state index in [2.05, 4.69) is 16.9 Å². The minimum Gasteiger partial charge on any atom is -0.435 e. The summed E-state index contributed by atoms with van der Waals surface area (Å²) >= 11 is 0. The number of nitrogens with zero attached hydrogens (tertiary/aromatic N) is 3. The Hall–Kier alpha value is -1.26.